The van der Waals surface area contributed by atoms with E-state index in [4.69, 9.17) is 16.7 Å². The molecule has 2 N–H and O–H groups in total. The lowest BCUT2D eigenvalue weighted by Gasteiger charge is -2.18. The first kappa shape index (κ1) is 12.7. The van der Waals surface area contributed by atoms with Gasteiger partial charge in [0.05, 0.1) is 11.6 Å². The van der Waals surface area contributed by atoms with Crippen molar-refractivity contribution in [1.82, 2.24) is 0 Å². The number of phenols is 1. The lowest BCUT2D eigenvalue weighted by Crippen LogP contribution is -2.26. The molecule has 96 valence electrons. The largest absolute Gasteiger partial charge is 0.506 e. The number of halogens is 1. The summed E-state index contributed by atoms with van der Waals surface area (Å²) in [7, 11) is 0. The second kappa shape index (κ2) is 4.49. The number of hydrogen-bond donors (Lipinski definition) is 2. The van der Waals surface area contributed by atoms with Gasteiger partial charge < -0.3 is 15.1 Å². The summed E-state index contributed by atoms with van der Waals surface area (Å²) in [6.45, 7) is 1.77. The van der Waals surface area contributed by atoms with Gasteiger partial charge in [0.25, 0.3) is 0 Å². The van der Waals surface area contributed by atoms with Crippen molar-refractivity contribution in [3.05, 3.63) is 22.7 Å². The third-order valence-corrected chi connectivity index (χ3v) is 3.44. The van der Waals surface area contributed by atoms with E-state index in [1.165, 1.54) is 4.90 Å². The van der Waals surface area contributed by atoms with E-state index < -0.39 is 11.9 Å². The van der Waals surface area contributed by atoms with Gasteiger partial charge in [-0.15, -0.1) is 0 Å². The minimum absolute atomic E-state index is 0.0414. The molecule has 1 aromatic carbocycles. The van der Waals surface area contributed by atoms with E-state index >= 15 is 0 Å². The van der Waals surface area contributed by atoms with Crippen molar-refractivity contribution < 1.29 is 19.8 Å². The molecule has 0 saturated carbocycles. The molecule has 0 radical (unpaired) electrons. The molecule has 1 aliphatic rings. The van der Waals surface area contributed by atoms with E-state index in [0.717, 1.165) is 0 Å². The zero-order chi connectivity index (χ0) is 13.4. The standard InChI is InChI=1S/C12H12ClNO4/c1-6-2-3-8(10(13)11(6)16)14-5-7(12(17)18)4-9(14)15/h2-3,7,16H,4-5H2,1H3,(H,17,18). The van der Waals surface area contributed by atoms with E-state index in [0.29, 0.717) is 11.3 Å². The lowest BCUT2D eigenvalue weighted by atomic mass is 10.1. The highest BCUT2D eigenvalue weighted by Gasteiger charge is 2.36. The molecule has 0 aliphatic carbocycles. The molecule has 1 aliphatic heterocycles. The fourth-order valence-electron chi connectivity index (χ4n) is 1.96. The van der Waals surface area contributed by atoms with E-state index in [2.05, 4.69) is 0 Å². The van der Waals surface area contributed by atoms with Crippen LogP contribution in [0.1, 0.15) is 12.0 Å². The van der Waals surface area contributed by atoms with Gasteiger partial charge in [0.2, 0.25) is 5.91 Å². The van der Waals surface area contributed by atoms with Gasteiger partial charge in [-0.1, -0.05) is 17.7 Å². The Morgan fingerprint density at radius 2 is 2.17 bits per heavy atom. The molecule has 1 unspecified atom stereocenters. The Bertz CT molecular complexity index is 529. The van der Waals surface area contributed by atoms with Crippen LogP contribution in [0.15, 0.2) is 12.1 Å². The summed E-state index contributed by atoms with van der Waals surface area (Å²) in [4.78, 5) is 23.9. The Morgan fingerprint density at radius 1 is 1.50 bits per heavy atom. The number of phenolic OH excluding ortho intramolecular Hbond substituents is 1. The van der Waals surface area contributed by atoms with Gasteiger partial charge in [-0.2, -0.15) is 0 Å². The lowest BCUT2D eigenvalue weighted by molar-refractivity contribution is -0.141. The number of carboxylic acids is 1. The SMILES string of the molecule is Cc1ccc(N2CC(C(=O)O)CC2=O)c(Cl)c1O. The summed E-state index contributed by atoms with van der Waals surface area (Å²) >= 11 is 5.98. The third kappa shape index (κ3) is 2.01. The molecule has 18 heavy (non-hydrogen) atoms. The highest BCUT2D eigenvalue weighted by Crippen LogP contribution is 2.38. The van der Waals surface area contributed by atoms with E-state index in [9.17, 15) is 14.7 Å². The molecule has 2 rings (SSSR count). The van der Waals surface area contributed by atoms with Crippen LogP contribution < -0.4 is 4.90 Å². The first-order chi connectivity index (χ1) is 8.41. The van der Waals surface area contributed by atoms with Gasteiger partial charge in [-0.3, -0.25) is 9.59 Å². The van der Waals surface area contributed by atoms with Crippen LogP contribution in [0, 0.1) is 12.8 Å². The molecule has 1 atom stereocenters. The topological polar surface area (TPSA) is 77.8 Å². The molecule has 0 bridgehead atoms. The van der Waals surface area contributed by atoms with Crippen LogP contribution in [0.25, 0.3) is 0 Å². The predicted molar refractivity (Wildman–Crippen MR) is 65.9 cm³/mol. The number of nitrogens with zero attached hydrogens (tertiary/aromatic N) is 1. The molecule has 5 nitrogen and oxygen atoms in total. The Labute approximate surface area is 109 Å². The fourth-order valence-corrected chi connectivity index (χ4v) is 2.28. The van der Waals surface area contributed by atoms with Crippen LogP contribution in [-0.4, -0.2) is 28.6 Å². The van der Waals surface area contributed by atoms with Crippen molar-refractivity contribution in [2.75, 3.05) is 11.4 Å². The quantitative estimate of drug-likeness (QED) is 0.858. The zero-order valence-electron chi connectivity index (χ0n) is 9.68. The Balaban J connectivity index is 2.36. The maximum atomic E-state index is 11.8. The summed E-state index contributed by atoms with van der Waals surface area (Å²) in [6, 6.07) is 3.25. The highest BCUT2D eigenvalue weighted by molar-refractivity contribution is 6.35. The van der Waals surface area contributed by atoms with Crippen LogP contribution in [-0.2, 0) is 9.59 Å². The van der Waals surface area contributed by atoms with Gasteiger partial charge in [0, 0.05) is 13.0 Å². The van der Waals surface area contributed by atoms with Gasteiger partial charge in [-0.25, -0.2) is 0 Å². The van der Waals surface area contributed by atoms with Crippen molar-refractivity contribution in [3.8, 4) is 5.75 Å². The number of aromatic hydroxyl groups is 1. The van der Waals surface area contributed by atoms with Crippen molar-refractivity contribution in [1.29, 1.82) is 0 Å². The Morgan fingerprint density at radius 3 is 2.72 bits per heavy atom. The maximum absolute atomic E-state index is 11.8. The number of benzene rings is 1. The highest BCUT2D eigenvalue weighted by atomic mass is 35.5. The second-order valence-corrected chi connectivity index (χ2v) is 4.69. The van der Waals surface area contributed by atoms with Crippen LogP contribution in [0.3, 0.4) is 0 Å². The summed E-state index contributed by atoms with van der Waals surface area (Å²) in [5, 5.41) is 18.7. The summed E-state index contributed by atoms with van der Waals surface area (Å²) in [5.41, 5.74) is 0.957. The average molecular weight is 270 g/mol. The van der Waals surface area contributed by atoms with Crippen LogP contribution in [0.2, 0.25) is 5.02 Å². The summed E-state index contributed by atoms with van der Waals surface area (Å²) in [6.07, 6.45) is -0.0414. The molecule has 0 spiro atoms. The van der Waals surface area contributed by atoms with Crippen LogP contribution in [0.4, 0.5) is 5.69 Å². The predicted octanol–water partition coefficient (Wildman–Crippen LogP) is 1.79. The minimum atomic E-state index is -1.00. The summed E-state index contributed by atoms with van der Waals surface area (Å²) < 4.78 is 0. The van der Waals surface area contributed by atoms with Gasteiger partial charge in [0.1, 0.15) is 10.8 Å². The van der Waals surface area contributed by atoms with Crippen molar-refractivity contribution in [2.24, 2.45) is 5.92 Å². The molecule has 1 aromatic rings. The minimum Gasteiger partial charge on any atom is -0.506 e. The number of carboxylic acid groups (broad SMARTS) is 1. The molecular weight excluding hydrogens is 258 g/mol. The number of aliphatic carboxylic acids is 1. The van der Waals surface area contributed by atoms with E-state index in [-0.39, 0.29) is 29.6 Å². The number of aryl methyl sites for hydroxylation is 1. The number of rotatable bonds is 2. The number of carbonyl (C=O) groups excluding carboxylic acids is 1. The third-order valence-electron chi connectivity index (χ3n) is 3.06. The molecule has 0 aromatic heterocycles. The number of hydrogen-bond acceptors (Lipinski definition) is 3. The Hall–Kier alpha value is -1.75. The first-order valence-electron chi connectivity index (χ1n) is 5.43. The monoisotopic (exact) mass is 269 g/mol. The average Bonchev–Trinajstić information content (AvgIpc) is 2.69. The zero-order valence-corrected chi connectivity index (χ0v) is 10.4. The smallest absolute Gasteiger partial charge is 0.308 e. The maximum Gasteiger partial charge on any atom is 0.308 e. The van der Waals surface area contributed by atoms with Gasteiger partial charge in [0.15, 0.2) is 0 Å². The Kier molecular flexibility index (Phi) is 3.17. The molecule has 6 heteroatoms. The molecule has 1 saturated heterocycles. The van der Waals surface area contributed by atoms with Crippen LogP contribution in [0.5, 0.6) is 5.75 Å². The molecular formula is C12H12ClNO4. The van der Waals surface area contributed by atoms with Gasteiger partial charge >= 0.3 is 5.97 Å². The van der Waals surface area contributed by atoms with Crippen molar-refractivity contribution in [3.63, 3.8) is 0 Å². The van der Waals surface area contributed by atoms with Crippen molar-refractivity contribution in [2.45, 2.75) is 13.3 Å². The van der Waals surface area contributed by atoms with Crippen LogP contribution >= 0.6 is 11.6 Å². The summed E-state index contributed by atoms with van der Waals surface area (Å²) in [5.74, 6) is -2.11. The first-order valence-corrected chi connectivity index (χ1v) is 5.81. The normalized spacial score (nSPS) is 19.3. The molecule has 1 heterocycles. The van der Waals surface area contributed by atoms with E-state index in [1.807, 2.05) is 0 Å². The molecule has 1 amide bonds. The number of anilines is 1. The number of carbonyl (C=O) groups is 2. The second-order valence-electron chi connectivity index (χ2n) is 4.31. The van der Waals surface area contributed by atoms with E-state index in [1.54, 1.807) is 19.1 Å². The van der Waals surface area contributed by atoms with Gasteiger partial charge in [-0.05, 0) is 18.6 Å². The fraction of sp³-hybridized carbons (Fsp3) is 0.333. The number of amides is 1. The molecule has 1 fully saturated rings. The van der Waals surface area contributed by atoms with Crippen molar-refractivity contribution >= 4 is 29.2 Å².